The number of rotatable bonds is 4. The number of carboxylic acid groups (broad SMARTS) is 1. The van der Waals surface area contributed by atoms with Crippen molar-refractivity contribution in [2.45, 2.75) is 26.7 Å². The van der Waals surface area contributed by atoms with Gasteiger partial charge < -0.3 is 15.3 Å². The van der Waals surface area contributed by atoms with Gasteiger partial charge in [0.05, 0.1) is 5.92 Å². The van der Waals surface area contributed by atoms with Crippen molar-refractivity contribution >= 4 is 35.0 Å². The number of aliphatic carboxylic acids is 1. The van der Waals surface area contributed by atoms with Crippen LogP contribution in [0.1, 0.15) is 24.1 Å². The molecule has 6 nitrogen and oxygen atoms in total. The van der Waals surface area contributed by atoms with Crippen LogP contribution in [0.25, 0.3) is 0 Å². The fraction of sp³-hybridized carbons (Fsp3) is 0.389. The predicted molar refractivity (Wildman–Crippen MR) is 98.8 cm³/mol. The van der Waals surface area contributed by atoms with Crippen LogP contribution in [-0.4, -0.2) is 34.1 Å². The number of halogens is 1. The van der Waals surface area contributed by atoms with Crippen molar-refractivity contribution in [1.29, 1.82) is 0 Å². The minimum absolute atomic E-state index is 0.256. The maximum Gasteiger partial charge on any atom is 0.306 e. The van der Waals surface area contributed by atoms with E-state index in [1.807, 2.05) is 38.1 Å². The van der Waals surface area contributed by atoms with Gasteiger partial charge in [0, 0.05) is 35.6 Å². The molecule has 25 heavy (non-hydrogen) atoms. The minimum Gasteiger partial charge on any atom is -0.481 e. The van der Waals surface area contributed by atoms with Gasteiger partial charge in [-0.2, -0.15) is 4.98 Å². The van der Waals surface area contributed by atoms with Crippen LogP contribution in [0.2, 0.25) is 5.02 Å². The third kappa shape index (κ3) is 4.20. The summed E-state index contributed by atoms with van der Waals surface area (Å²) in [6.45, 7) is 5.27. The van der Waals surface area contributed by atoms with Crippen LogP contribution >= 0.6 is 11.6 Å². The molecule has 1 fully saturated rings. The van der Waals surface area contributed by atoms with E-state index in [0.29, 0.717) is 36.9 Å². The highest BCUT2D eigenvalue weighted by molar-refractivity contribution is 6.30. The lowest BCUT2D eigenvalue weighted by molar-refractivity contribution is -0.142. The topological polar surface area (TPSA) is 78.4 Å². The first-order valence-corrected chi connectivity index (χ1v) is 8.67. The van der Waals surface area contributed by atoms with Gasteiger partial charge >= 0.3 is 5.97 Å². The average molecular weight is 361 g/mol. The van der Waals surface area contributed by atoms with E-state index in [1.165, 1.54) is 0 Å². The summed E-state index contributed by atoms with van der Waals surface area (Å²) in [6.07, 6.45) is 1.27. The first-order valence-electron chi connectivity index (χ1n) is 8.29. The van der Waals surface area contributed by atoms with Gasteiger partial charge in [-0.25, -0.2) is 4.98 Å². The molecule has 1 saturated heterocycles. The summed E-state index contributed by atoms with van der Waals surface area (Å²) >= 11 is 6.00. The van der Waals surface area contributed by atoms with Crippen molar-refractivity contribution in [3.8, 4) is 0 Å². The maximum absolute atomic E-state index is 11.1. The molecule has 1 aliphatic heterocycles. The standard InChI is InChI=1S/C18H21ClN4O2/c1-11-9-14(19)3-4-15(11)21-18-20-12(2)10-16(22-18)23-7-5-13(6-8-23)17(24)25/h3-4,9-10,13H,5-8H2,1-2H3,(H,24,25)(H,20,21,22). The smallest absolute Gasteiger partial charge is 0.306 e. The Hall–Kier alpha value is -2.34. The van der Waals surface area contributed by atoms with Crippen molar-refractivity contribution in [1.82, 2.24) is 9.97 Å². The molecule has 0 aliphatic carbocycles. The highest BCUT2D eigenvalue weighted by Gasteiger charge is 2.25. The quantitative estimate of drug-likeness (QED) is 0.863. The third-order valence-electron chi connectivity index (χ3n) is 4.44. The van der Waals surface area contributed by atoms with E-state index < -0.39 is 5.97 Å². The number of aryl methyl sites for hydroxylation is 2. The van der Waals surface area contributed by atoms with E-state index in [4.69, 9.17) is 16.7 Å². The monoisotopic (exact) mass is 360 g/mol. The Labute approximate surface area is 151 Å². The first kappa shape index (κ1) is 17.5. The lowest BCUT2D eigenvalue weighted by atomic mass is 9.97. The number of aromatic nitrogens is 2. The molecule has 0 unspecified atom stereocenters. The van der Waals surface area contributed by atoms with Gasteiger partial charge in [0.15, 0.2) is 0 Å². The van der Waals surface area contributed by atoms with Crippen molar-refractivity contribution < 1.29 is 9.90 Å². The molecule has 3 rings (SSSR count). The number of nitrogens with one attached hydrogen (secondary N) is 1. The lowest BCUT2D eigenvalue weighted by Gasteiger charge is -2.31. The molecule has 0 atom stereocenters. The van der Waals surface area contributed by atoms with Crippen LogP contribution in [0.4, 0.5) is 17.5 Å². The number of nitrogens with zero attached hydrogens (tertiary/aromatic N) is 3. The molecule has 132 valence electrons. The molecule has 0 bridgehead atoms. The highest BCUT2D eigenvalue weighted by atomic mass is 35.5. The fourth-order valence-electron chi connectivity index (χ4n) is 3.01. The zero-order chi connectivity index (χ0) is 18.0. The van der Waals surface area contributed by atoms with E-state index in [9.17, 15) is 4.79 Å². The van der Waals surface area contributed by atoms with Gasteiger partial charge in [-0.1, -0.05) is 11.6 Å². The van der Waals surface area contributed by atoms with Crippen molar-refractivity contribution in [2.24, 2.45) is 5.92 Å². The molecule has 1 aromatic carbocycles. The Balaban J connectivity index is 1.78. The average Bonchev–Trinajstić information content (AvgIpc) is 2.57. The minimum atomic E-state index is -0.709. The van der Waals surface area contributed by atoms with Gasteiger partial charge in [0.1, 0.15) is 5.82 Å². The molecular weight excluding hydrogens is 340 g/mol. The van der Waals surface area contributed by atoms with Crippen molar-refractivity contribution in [3.63, 3.8) is 0 Å². The number of carbonyl (C=O) groups is 1. The van der Waals surface area contributed by atoms with Crippen LogP contribution in [0, 0.1) is 19.8 Å². The summed E-state index contributed by atoms with van der Waals surface area (Å²) in [5.74, 6) is 0.388. The molecule has 0 saturated carbocycles. The molecule has 0 radical (unpaired) electrons. The van der Waals surface area contributed by atoms with Crippen LogP contribution in [0.5, 0.6) is 0 Å². The lowest BCUT2D eigenvalue weighted by Crippen LogP contribution is -2.36. The zero-order valence-corrected chi connectivity index (χ0v) is 15.0. The van der Waals surface area contributed by atoms with Crippen LogP contribution < -0.4 is 10.2 Å². The Morgan fingerprint density at radius 1 is 1.24 bits per heavy atom. The van der Waals surface area contributed by atoms with Crippen LogP contribution in [0.15, 0.2) is 24.3 Å². The summed E-state index contributed by atoms with van der Waals surface area (Å²) in [7, 11) is 0. The van der Waals surface area contributed by atoms with Gasteiger partial charge in [-0.05, 0) is 50.5 Å². The van der Waals surface area contributed by atoms with E-state index in [2.05, 4.69) is 20.2 Å². The highest BCUT2D eigenvalue weighted by Crippen LogP contribution is 2.26. The second-order valence-corrected chi connectivity index (χ2v) is 6.81. The first-order chi connectivity index (χ1) is 11.9. The van der Waals surface area contributed by atoms with Gasteiger partial charge in [0.2, 0.25) is 5.95 Å². The number of anilines is 3. The Kier molecular flexibility index (Phi) is 5.08. The molecule has 2 heterocycles. The third-order valence-corrected chi connectivity index (χ3v) is 4.68. The molecule has 2 N–H and O–H groups in total. The molecule has 1 aliphatic rings. The number of benzene rings is 1. The van der Waals surface area contributed by atoms with E-state index in [0.717, 1.165) is 22.8 Å². The second kappa shape index (κ2) is 7.27. The fourth-order valence-corrected chi connectivity index (χ4v) is 3.24. The number of hydrogen-bond donors (Lipinski definition) is 2. The number of piperidine rings is 1. The SMILES string of the molecule is Cc1cc(N2CCC(C(=O)O)CC2)nc(Nc2ccc(Cl)cc2C)n1. The molecule has 0 amide bonds. The van der Waals surface area contributed by atoms with E-state index >= 15 is 0 Å². The Bertz CT molecular complexity index is 789. The van der Waals surface area contributed by atoms with Crippen LogP contribution in [-0.2, 0) is 4.79 Å². The number of hydrogen-bond acceptors (Lipinski definition) is 5. The molecule has 0 spiro atoms. The summed E-state index contributed by atoms with van der Waals surface area (Å²) in [4.78, 5) is 22.3. The van der Waals surface area contributed by atoms with Crippen molar-refractivity contribution in [3.05, 3.63) is 40.5 Å². The molecule has 2 aromatic rings. The second-order valence-electron chi connectivity index (χ2n) is 6.37. The van der Waals surface area contributed by atoms with Crippen molar-refractivity contribution in [2.75, 3.05) is 23.3 Å². The van der Waals surface area contributed by atoms with Gasteiger partial charge in [-0.3, -0.25) is 4.79 Å². The van der Waals surface area contributed by atoms with Gasteiger partial charge in [0.25, 0.3) is 0 Å². The molecule has 7 heteroatoms. The Morgan fingerprint density at radius 3 is 2.60 bits per heavy atom. The zero-order valence-electron chi connectivity index (χ0n) is 14.3. The van der Waals surface area contributed by atoms with Crippen LogP contribution in [0.3, 0.4) is 0 Å². The molecular formula is C18H21ClN4O2. The summed E-state index contributed by atoms with van der Waals surface area (Å²) in [5, 5.41) is 13.1. The maximum atomic E-state index is 11.1. The molecule has 1 aromatic heterocycles. The normalized spacial score (nSPS) is 15.2. The predicted octanol–water partition coefficient (Wildman–Crippen LogP) is 3.79. The Morgan fingerprint density at radius 2 is 1.96 bits per heavy atom. The summed E-state index contributed by atoms with van der Waals surface area (Å²) < 4.78 is 0. The summed E-state index contributed by atoms with van der Waals surface area (Å²) in [6, 6.07) is 7.55. The largest absolute Gasteiger partial charge is 0.481 e. The van der Waals surface area contributed by atoms with E-state index in [-0.39, 0.29) is 5.92 Å². The van der Waals surface area contributed by atoms with Gasteiger partial charge in [-0.15, -0.1) is 0 Å². The summed E-state index contributed by atoms with van der Waals surface area (Å²) in [5.41, 5.74) is 2.78. The van der Waals surface area contributed by atoms with E-state index in [1.54, 1.807) is 0 Å². The number of carboxylic acids is 1.